The number of methoxy groups -OCH3 is 1. The van der Waals surface area contributed by atoms with Gasteiger partial charge in [0.1, 0.15) is 5.75 Å². The molecule has 1 aliphatic carbocycles. The van der Waals surface area contributed by atoms with Crippen molar-refractivity contribution in [1.29, 1.82) is 0 Å². The van der Waals surface area contributed by atoms with Gasteiger partial charge in [-0.3, -0.25) is 4.98 Å². The van der Waals surface area contributed by atoms with Crippen molar-refractivity contribution < 1.29 is 4.74 Å². The molecule has 118 valence electrons. The normalized spacial score (nSPS) is 25.9. The summed E-state index contributed by atoms with van der Waals surface area (Å²) in [6.45, 7) is 6.41. The molecule has 2 rings (SSSR count). The largest absolute Gasteiger partial charge is 0.496 e. The van der Waals surface area contributed by atoms with Crippen LogP contribution in [0.2, 0.25) is 0 Å². The zero-order chi connectivity index (χ0) is 15.5. The van der Waals surface area contributed by atoms with E-state index in [4.69, 9.17) is 10.5 Å². The molecule has 1 aromatic rings. The van der Waals surface area contributed by atoms with Gasteiger partial charge in [0, 0.05) is 35.0 Å². The summed E-state index contributed by atoms with van der Waals surface area (Å²) in [7, 11) is 1.73. The van der Waals surface area contributed by atoms with Gasteiger partial charge in [-0.1, -0.05) is 19.8 Å². The third-order valence-corrected chi connectivity index (χ3v) is 5.07. The fourth-order valence-electron chi connectivity index (χ4n) is 3.71. The molecule has 1 aliphatic rings. The van der Waals surface area contributed by atoms with Crippen molar-refractivity contribution in [3.8, 4) is 5.75 Å². The second kappa shape index (κ2) is 6.78. The van der Waals surface area contributed by atoms with Crippen molar-refractivity contribution in [3.05, 3.63) is 23.0 Å². The van der Waals surface area contributed by atoms with E-state index >= 15 is 0 Å². The van der Waals surface area contributed by atoms with E-state index in [0.717, 1.165) is 47.8 Å². The second-order valence-corrected chi connectivity index (χ2v) is 6.82. The highest BCUT2D eigenvalue weighted by Gasteiger charge is 2.32. The number of aryl methyl sites for hydroxylation is 1. The Labute approximate surface area is 129 Å². The first-order valence-electron chi connectivity index (χ1n) is 8.27. The van der Waals surface area contributed by atoms with Crippen LogP contribution in [0, 0.1) is 19.8 Å². The summed E-state index contributed by atoms with van der Waals surface area (Å²) < 4.78 is 5.51. The minimum absolute atomic E-state index is 0.0811. The Bertz CT molecular complexity index is 476. The highest BCUT2D eigenvalue weighted by molar-refractivity contribution is 5.41. The van der Waals surface area contributed by atoms with E-state index in [1.54, 1.807) is 7.11 Å². The molecule has 0 unspecified atom stereocenters. The molecule has 0 spiro atoms. The van der Waals surface area contributed by atoms with Crippen molar-refractivity contribution in [2.45, 2.75) is 71.3 Å². The lowest BCUT2D eigenvalue weighted by Crippen LogP contribution is -2.45. The van der Waals surface area contributed by atoms with Gasteiger partial charge in [-0.2, -0.15) is 0 Å². The first-order chi connectivity index (χ1) is 9.99. The minimum Gasteiger partial charge on any atom is -0.496 e. The van der Waals surface area contributed by atoms with Crippen LogP contribution < -0.4 is 10.5 Å². The monoisotopic (exact) mass is 290 g/mol. The molecule has 21 heavy (non-hydrogen) atoms. The molecule has 0 amide bonds. The SMILES string of the molecule is CCCC1CCC(N)(Cc2ncc(C)c(OC)c2C)CC1. The van der Waals surface area contributed by atoms with Crippen molar-refractivity contribution in [2.24, 2.45) is 11.7 Å². The Morgan fingerprint density at radius 3 is 2.57 bits per heavy atom. The van der Waals surface area contributed by atoms with Gasteiger partial charge in [0.2, 0.25) is 0 Å². The Hall–Kier alpha value is -1.09. The molecule has 0 radical (unpaired) electrons. The zero-order valence-corrected chi connectivity index (χ0v) is 14.0. The molecule has 1 saturated carbocycles. The summed E-state index contributed by atoms with van der Waals surface area (Å²) in [4.78, 5) is 4.62. The average molecular weight is 290 g/mol. The van der Waals surface area contributed by atoms with Gasteiger partial charge in [0.15, 0.2) is 0 Å². The van der Waals surface area contributed by atoms with Crippen LogP contribution in [0.25, 0.3) is 0 Å². The molecule has 0 aromatic carbocycles. The van der Waals surface area contributed by atoms with Crippen molar-refractivity contribution in [2.75, 3.05) is 7.11 Å². The number of nitrogens with two attached hydrogens (primary N) is 1. The second-order valence-electron chi connectivity index (χ2n) is 6.82. The summed E-state index contributed by atoms with van der Waals surface area (Å²) in [5.74, 6) is 1.84. The van der Waals surface area contributed by atoms with Gasteiger partial charge in [-0.25, -0.2) is 0 Å². The predicted molar refractivity (Wildman–Crippen MR) is 87.8 cm³/mol. The van der Waals surface area contributed by atoms with E-state index in [-0.39, 0.29) is 5.54 Å². The smallest absolute Gasteiger partial charge is 0.128 e. The van der Waals surface area contributed by atoms with E-state index in [1.807, 2.05) is 13.1 Å². The van der Waals surface area contributed by atoms with Crippen molar-refractivity contribution in [3.63, 3.8) is 0 Å². The molecular formula is C18H30N2O. The maximum atomic E-state index is 6.67. The molecule has 3 nitrogen and oxygen atoms in total. The summed E-state index contributed by atoms with van der Waals surface area (Å²) in [5, 5.41) is 0. The predicted octanol–water partition coefficient (Wildman–Crippen LogP) is 3.94. The van der Waals surface area contributed by atoms with Crippen LogP contribution >= 0.6 is 0 Å². The lowest BCUT2D eigenvalue weighted by Gasteiger charge is -2.37. The Balaban J connectivity index is 2.08. The van der Waals surface area contributed by atoms with E-state index < -0.39 is 0 Å². The number of rotatable bonds is 5. The molecule has 0 bridgehead atoms. The lowest BCUT2D eigenvalue weighted by molar-refractivity contribution is 0.222. The molecule has 1 heterocycles. The fraction of sp³-hybridized carbons (Fsp3) is 0.722. The fourth-order valence-corrected chi connectivity index (χ4v) is 3.71. The molecule has 1 aromatic heterocycles. The summed E-state index contributed by atoms with van der Waals surface area (Å²) in [6.07, 6.45) is 10.2. The number of nitrogens with zero attached hydrogens (tertiary/aromatic N) is 1. The van der Waals surface area contributed by atoms with Gasteiger partial charge in [-0.15, -0.1) is 0 Å². The van der Waals surface area contributed by atoms with Crippen LogP contribution in [0.15, 0.2) is 6.20 Å². The molecule has 0 saturated heterocycles. The third kappa shape index (κ3) is 3.76. The maximum Gasteiger partial charge on any atom is 0.128 e. The van der Waals surface area contributed by atoms with Gasteiger partial charge in [0.25, 0.3) is 0 Å². The van der Waals surface area contributed by atoms with Crippen molar-refractivity contribution >= 4 is 0 Å². The van der Waals surface area contributed by atoms with Crippen LogP contribution in [0.3, 0.4) is 0 Å². The van der Waals surface area contributed by atoms with Crippen molar-refractivity contribution in [1.82, 2.24) is 4.98 Å². The van der Waals surface area contributed by atoms with E-state index in [9.17, 15) is 0 Å². The molecular weight excluding hydrogens is 260 g/mol. The van der Waals surface area contributed by atoms with Crippen LogP contribution in [0.5, 0.6) is 5.75 Å². The standard InChI is InChI=1S/C18H30N2O/c1-5-6-15-7-9-18(19,10-8-15)11-16-14(3)17(21-4)13(2)12-20-16/h12,15H,5-11,19H2,1-4H3. The highest BCUT2D eigenvalue weighted by atomic mass is 16.5. The quantitative estimate of drug-likeness (QED) is 0.893. The zero-order valence-electron chi connectivity index (χ0n) is 14.0. The first kappa shape index (κ1) is 16.3. The molecule has 2 N–H and O–H groups in total. The van der Waals surface area contributed by atoms with Crippen LogP contribution in [-0.4, -0.2) is 17.6 Å². The number of hydrogen-bond donors (Lipinski definition) is 1. The van der Waals surface area contributed by atoms with E-state index in [2.05, 4.69) is 18.8 Å². The molecule has 0 aliphatic heterocycles. The number of hydrogen-bond acceptors (Lipinski definition) is 3. The lowest BCUT2D eigenvalue weighted by atomic mass is 9.73. The number of ether oxygens (including phenoxy) is 1. The Kier molecular flexibility index (Phi) is 5.26. The Morgan fingerprint density at radius 1 is 1.33 bits per heavy atom. The van der Waals surface area contributed by atoms with Crippen LogP contribution in [-0.2, 0) is 6.42 Å². The van der Waals surface area contributed by atoms with E-state index in [0.29, 0.717) is 0 Å². The average Bonchev–Trinajstić information content (AvgIpc) is 2.46. The van der Waals surface area contributed by atoms with Gasteiger partial charge < -0.3 is 10.5 Å². The van der Waals surface area contributed by atoms with Crippen LogP contribution in [0.4, 0.5) is 0 Å². The third-order valence-electron chi connectivity index (χ3n) is 5.07. The summed E-state index contributed by atoms with van der Waals surface area (Å²) >= 11 is 0. The Morgan fingerprint density at radius 2 is 2.00 bits per heavy atom. The highest BCUT2D eigenvalue weighted by Crippen LogP contribution is 2.36. The molecule has 3 heteroatoms. The van der Waals surface area contributed by atoms with Gasteiger partial charge in [-0.05, 0) is 45.4 Å². The number of pyridine rings is 1. The number of aromatic nitrogens is 1. The summed E-state index contributed by atoms with van der Waals surface area (Å²) in [5.41, 5.74) is 9.94. The van der Waals surface area contributed by atoms with E-state index in [1.165, 1.54) is 25.7 Å². The minimum atomic E-state index is -0.0811. The molecule has 1 fully saturated rings. The van der Waals surface area contributed by atoms with Gasteiger partial charge in [0.05, 0.1) is 7.11 Å². The maximum absolute atomic E-state index is 6.67. The van der Waals surface area contributed by atoms with Crippen LogP contribution in [0.1, 0.15) is 62.3 Å². The first-order valence-corrected chi connectivity index (χ1v) is 8.27. The molecule has 0 atom stereocenters. The van der Waals surface area contributed by atoms with Gasteiger partial charge >= 0.3 is 0 Å². The topological polar surface area (TPSA) is 48.1 Å². The summed E-state index contributed by atoms with van der Waals surface area (Å²) in [6, 6.07) is 0.